The van der Waals surface area contributed by atoms with E-state index in [0.717, 1.165) is 6.42 Å². The number of anilines is 1. The molecule has 0 bridgehead atoms. The molecule has 1 aromatic heterocycles. The van der Waals surface area contributed by atoms with Crippen molar-refractivity contribution in [1.82, 2.24) is 14.5 Å². The van der Waals surface area contributed by atoms with E-state index in [1.54, 1.807) is 4.90 Å². The van der Waals surface area contributed by atoms with Crippen LogP contribution < -0.4 is 5.73 Å². The molecule has 2 rings (SSSR count). The zero-order chi connectivity index (χ0) is 15.6. The second kappa shape index (κ2) is 5.84. The summed E-state index contributed by atoms with van der Waals surface area (Å²) in [6, 6.07) is 3.70. The molecule has 1 saturated heterocycles. The van der Waals surface area contributed by atoms with Crippen LogP contribution in [-0.4, -0.2) is 33.4 Å². The number of nitriles is 2. The van der Waals surface area contributed by atoms with Gasteiger partial charge < -0.3 is 10.6 Å². The highest BCUT2D eigenvalue weighted by Gasteiger charge is 2.27. The predicted octanol–water partition coefficient (Wildman–Crippen LogP) is 0.713. The fourth-order valence-electron chi connectivity index (χ4n) is 2.92. The Morgan fingerprint density at radius 2 is 1.95 bits per heavy atom. The lowest BCUT2D eigenvalue weighted by Gasteiger charge is -2.35. The lowest BCUT2D eigenvalue weighted by Crippen LogP contribution is -2.44. The maximum atomic E-state index is 12.4. The molecule has 1 aliphatic heterocycles. The number of likely N-dealkylation sites (tertiary alicyclic amines) is 1. The first kappa shape index (κ1) is 14.9. The molecule has 0 spiro atoms. The minimum absolute atomic E-state index is 0.0227. The van der Waals surface area contributed by atoms with Gasteiger partial charge in [0.15, 0.2) is 11.4 Å². The molecule has 1 fully saturated rings. The Morgan fingerprint density at radius 3 is 2.48 bits per heavy atom. The Labute approximate surface area is 123 Å². The number of carbonyl (C=O) groups excluding carboxylic acids is 1. The molecule has 0 unspecified atom stereocenters. The van der Waals surface area contributed by atoms with Gasteiger partial charge >= 0.3 is 0 Å². The van der Waals surface area contributed by atoms with Crippen LogP contribution in [-0.2, 0) is 11.3 Å². The molecule has 1 aliphatic rings. The van der Waals surface area contributed by atoms with Crippen LogP contribution in [0.25, 0.3) is 0 Å². The summed E-state index contributed by atoms with van der Waals surface area (Å²) >= 11 is 0. The molecule has 110 valence electrons. The van der Waals surface area contributed by atoms with Crippen molar-refractivity contribution < 1.29 is 4.79 Å². The summed E-state index contributed by atoms with van der Waals surface area (Å²) in [6.45, 7) is 5.62. The molecule has 1 aromatic rings. The van der Waals surface area contributed by atoms with Crippen LogP contribution in [0.1, 0.15) is 31.7 Å². The van der Waals surface area contributed by atoms with Crippen molar-refractivity contribution in [3.05, 3.63) is 11.4 Å². The fraction of sp³-hybridized carbons (Fsp3) is 0.571. The highest BCUT2D eigenvalue weighted by Crippen LogP contribution is 2.22. The maximum Gasteiger partial charge on any atom is 0.242 e. The van der Waals surface area contributed by atoms with Gasteiger partial charge in [-0.2, -0.15) is 10.5 Å². The van der Waals surface area contributed by atoms with Gasteiger partial charge in [0.05, 0.1) is 0 Å². The zero-order valence-corrected chi connectivity index (χ0v) is 12.2. The number of nitrogens with two attached hydrogens (primary N) is 1. The molecule has 7 heteroatoms. The number of nitrogens with zero attached hydrogens (tertiary/aromatic N) is 5. The Balaban J connectivity index is 2.19. The minimum Gasteiger partial charge on any atom is -0.369 e. The van der Waals surface area contributed by atoms with Gasteiger partial charge in [0.25, 0.3) is 0 Å². The summed E-state index contributed by atoms with van der Waals surface area (Å²) in [5.74, 6) is 0.846. The third-order valence-corrected chi connectivity index (χ3v) is 3.72. The molecule has 2 atom stereocenters. The Morgan fingerprint density at radius 1 is 1.33 bits per heavy atom. The smallest absolute Gasteiger partial charge is 0.242 e. The average Bonchev–Trinajstić information content (AvgIpc) is 2.73. The van der Waals surface area contributed by atoms with Crippen molar-refractivity contribution in [2.45, 2.75) is 26.8 Å². The largest absolute Gasteiger partial charge is 0.369 e. The lowest BCUT2D eigenvalue weighted by atomic mass is 9.92. The van der Waals surface area contributed by atoms with E-state index in [4.69, 9.17) is 16.3 Å². The van der Waals surface area contributed by atoms with Crippen LogP contribution >= 0.6 is 0 Å². The van der Waals surface area contributed by atoms with Gasteiger partial charge in [0, 0.05) is 13.1 Å². The number of hydrogen-bond donors (Lipinski definition) is 1. The van der Waals surface area contributed by atoms with E-state index in [9.17, 15) is 4.79 Å². The van der Waals surface area contributed by atoms with E-state index in [-0.39, 0.29) is 29.8 Å². The number of carbonyl (C=O) groups is 1. The van der Waals surface area contributed by atoms with E-state index in [1.165, 1.54) is 4.57 Å². The van der Waals surface area contributed by atoms with Crippen LogP contribution in [0.15, 0.2) is 0 Å². The van der Waals surface area contributed by atoms with Crippen LogP contribution in [0, 0.1) is 34.5 Å². The Hall–Kier alpha value is -2.54. The first-order chi connectivity index (χ1) is 9.96. The fourth-order valence-corrected chi connectivity index (χ4v) is 2.92. The molecular weight excluding hydrogens is 268 g/mol. The van der Waals surface area contributed by atoms with Crippen LogP contribution in [0.4, 0.5) is 5.95 Å². The topological polar surface area (TPSA) is 112 Å². The highest BCUT2D eigenvalue weighted by molar-refractivity contribution is 5.77. The second-order valence-corrected chi connectivity index (χ2v) is 5.72. The molecule has 0 aromatic carbocycles. The number of hydrogen-bond acceptors (Lipinski definition) is 5. The lowest BCUT2D eigenvalue weighted by molar-refractivity contribution is -0.134. The van der Waals surface area contributed by atoms with E-state index in [2.05, 4.69) is 18.8 Å². The summed E-state index contributed by atoms with van der Waals surface area (Å²) in [6.07, 6.45) is 1.11. The predicted molar refractivity (Wildman–Crippen MR) is 75.6 cm³/mol. The number of amides is 1. The number of aromatic nitrogens is 2. The monoisotopic (exact) mass is 286 g/mol. The molecule has 0 saturated carbocycles. The molecule has 7 nitrogen and oxygen atoms in total. The van der Waals surface area contributed by atoms with Crippen LogP contribution in [0.5, 0.6) is 0 Å². The molecule has 21 heavy (non-hydrogen) atoms. The Bertz CT molecular complexity index is 625. The van der Waals surface area contributed by atoms with E-state index < -0.39 is 0 Å². The second-order valence-electron chi connectivity index (χ2n) is 5.72. The highest BCUT2D eigenvalue weighted by atomic mass is 16.2. The van der Waals surface area contributed by atoms with Gasteiger partial charge in [-0.15, -0.1) is 0 Å². The summed E-state index contributed by atoms with van der Waals surface area (Å²) in [5, 5.41) is 18.0. The molecule has 1 amide bonds. The van der Waals surface area contributed by atoms with Gasteiger partial charge in [-0.1, -0.05) is 13.8 Å². The number of nitrogen functional groups attached to an aromatic ring is 1. The molecule has 2 heterocycles. The van der Waals surface area contributed by atoms with Crippen LogP contribution in [0.3, 0.4) is 0 Å². The van der Waals surface area contributed by atoms with Crippen molar-refractivity contribution in [2.24, 2.45) is 11.8 Å². The van der Waals surface area contributed by atoms with E-state index >= 15 is 0 Å². The van der Waals surface area contributed by atoms with E-state index in [1.807, 2.05) is 12.1 Å². The molecular formula is C14H18N6O. The average molecular weight is 286 g/mol. The summed E-state index contributed by atoms with van der Waals surface area (Å²) in [4.78, 5) is 18.0. The van der Waals surface area contributed by atoms with Gasteiger partial charge in [0.1, 0.15) is 18.7 Å². The SMILES string of the molecule is C[C@@H]1C[C@H](C)CN(C(=O)Cn2c(N)nc(C#N)c2C#N)C1. The number of rotatable bonds is 2. The first-order valence-electron chi connectivity index (χ1n) is 6.90. The van der Waals surface area contributed by atoms with Crippen LogP contribution in [0.2, 0.25) is 0 Å². The summed E-state index contributed by atoms with van der Waals surface area (Å²) in [5.41, 5.74) is 5.71. The maximum absolute atomic E-state index is 12.4. The molecule has 2 N–H and O–H groups in total. The third kappa shape index (κ3) is 2.97. The van der Waals surface area contributed by atoms with Crippen molar-refractivity contribution in [1.29, 1.82) is 10.5 Å². The van der Waals surface area contributed by atoms with Gasteiger partial charge in [-0.05, 0) is 18.3 Å². The van der Waals surface area contributed by atoms with Gasteiger partial charge in [-0.3, -0.25) is 9.36 Å². The standard InChI is InChI=1S/C14H18N6O/c1-9-3-10(2)7-19(6-9)13(21)8-20-12(5-16)11(4-15)18-14(20)17/h9-10H,3,6-8H2,1-2H3,(H2,17,18)/t9-,10+. The molecule has 0 aliphatic carbocycles. The third-order valence-electron chi connectivity index (χ3n) is 3.72. The normalized spacial score (nSPS) is 21.6. The van der Waals surface area contributed by atoms with Crippen molar-refractivity contribution in [3.8, 4) is 12.1 Å². The van der Waals surface area contributed by atoms with Crippen molar-refractivity contribution in [3.63, 3.8) is 0 Å². The first-order valence-corrected chi connectivity index (χ1v) is 6.90. The summed E-state index contributed by atoms with van der Waals surface area (Å²) < 4.78 is 1.31. The van der Waals surface area contributed by atoms with E-state index in [0.29, 0.717) is 24.9 Å². The number of piperidine rings is 1. The Kier molecular flexibility index (Phi) is 4.13. The zero-order valence-electron chi connectivity index (χ0n) is 12.2. The quantitative estimate of drug-likeness (QED) is 0.860. The number of imidazole rings is 1. The van der Waals surface area contributed by atoms with Gasteiger partial charge in [0.2, 0.25) is 11.9 Å². The van der Waals surface area contributed by atoms with Gasteiger partial charge in [-0.25, -0.2) is 4.98 Å². The van der Waals surface area contributed by atoms with Crippen molar-refractivity contribution in [2.75, 3.05) is 18.8 Å². The van der Waals surface area contributed by atoms with Crippen molar-refractivity contribution >= 4 is 11.9 Å². The molecule has 0 radical (unpaired) electrons. The summed E-state index contributed by atoms with van der Waals surface area (Å²) in [7, 11) is 0. The minimum atomic E-state index is -0.0986.